The standard InChI is InChI=1S/C19H18ClF4N3O3/c1-4-13(19(22,23)24)26-18(30)16(28)11-8-27(3)15(14(11)20)17(29)25-10-5-6-12(21)9(2)7-10/h5-8,13H,4H2,1-3H3,(H,25,29)(H,26,30). The van der Waals surface area contributed by atoms with Crippen molar-refractivity contribution in [2.75, 3.05) is 5.32 Å². The van der Waals surface area contributed by atoms with E-state index in [1.54, 1.807) is 5.32 Å². The third-order valence-electron chi connectivity index (χ3n) is 4.31. The second-order valence-electron chi connectivity index (χ2n) is 6.54. The lowest BCUT2D eigenvalue weighted by molar-refractivity contribution is -0.160. The third-order valence-corrected chi connectivity index (χ3v) is 4.69. The normalized spacial score (nSPS) is 12.4. The van der Waals surface area contributed by atoms with E-state index in [0.717, 1.165) is 16.8 Å². The maximum Gasteiger partial charge on any atom is 0.408 e. The van der Waals surface area contributed by atoms with Gasteiger partial charge in [0.1, 0.15) is 17.6 Å². The van der Waals surface area contributed by atoms with Crippen LogP contribution < -0.4 is 10.6 Å². The first-order valence-electron chi connectivity index (χ1n) is 8.71. The van der Waals surface area contributed by atoms with E-state index >= 15 is 0 Å². The minimum absolute atomic E-state index is 0.197. The number of benzene rings is 1. The van der Waals surface area contributed by atoms with Crippen LogP contribution in [0.1, 0.15) is 39.8 Å². The van der Waals surface area contributed by atoms with Gasteiger partial charge in [-0.15, -0.1) is 0 Å². The fourth-order valence-electron chi connectivity index (χ4n) is 2.69. The molecule has 11 heteroatoms. The quantitative estimate of drug-likeness (QED) is 0.399. The van der Waals surface area contributed by atoms with Crippen molar-refractivity contribution in [3.63, 3.8) is 0 Å². The predicted octanol–water partition coefficient (Wildman–Crippen LogP) is 4.02. The fraction of sp³-hybridized carbons (Fsp3) is 0.316. The van der Waals surface area contributed by atoms with E-state index in [2.05, 4.69) is 5.32 Å². The molecule has 30 heavy (non-hydrogen) atoms. The minimum atomic E-state index is -4.72. The first-order valence-corrected chi connectivity index (χ1v) is 9.08. The van der Waals surface area contributed by atoms with Crippen molar-refractivity contribution in [2.45, 2.75) is 32.5 Å². The van der Waals surface area contributed by atoms with Gasteiger partial charge in [-0.3, -0.25) is 14.4 Å². The van der Waals surface area contributed by atoms with Crippen LogP contribution in [0, 0.1) is 12.7 Å². The number of anilines is 1. The number of nitrogens with zero attached hydrogens (tertiary/aromatic N) is 1. The molecule has 1 aromatic carbocycles. The smallest absolute Gasteiger partial charge is 0.345 e. The molecule has 0 bridgehead atoms. The summed E-state index contributed by atoms with van der Waals surface area (Å²) in [6.07, 6.45) is -4.11. The number of ketones is 1. The fourth-order valence-corrected chi connectivity index (χ4v) is 3.04. The molecule has 0 saturated heterocycles. The van der Waals surface area contributed by atoms with Crippen LogP contribution in [-0.4, -0.2) is 34.4 Å². The molecule has 2 N–H and O–H groups in total. The van der Waals surface area contributed by atoms with Gasteiger partial charge in [0.05, 0.1) is 10.6 Å². The summed E-state index contributed by atoms with van der Waals surface area (Å²) in [5, 5.41) is 3.71. The maximum absolute atomic E-state index is 13.4. The highest BCUT2D eigenvalue weighted by molar-refractivity contribution is 6.48. The Morgan fingerprint density at radius 3 is 2.40 bits per heavy atom. The van der Waals surface area contributed by atoms with Gasteiger partial charge in [-0.2, -0.15) is 13.2 Å². The molecule has 0 fully saturated rings. The van der Waals surface area contributed by atoms with Gasteiger partial charge in [-0.1, -0.05) is 18.5 Å². The molecule has 162 valence electrons. The van der Waals surface area contributed by atoms with E-state index in [1.807, 2.05) is 0 Å². The van der Waals surface area contributed by atoms with Crippen molar-refractivity contribution >= 4 is 34.9 Å². The van der Waals surface area contributed by atoms with Crippen LogP contribution in [0.5, 0.6) is 0 Å². The number of halogens is 5. The summed E-state index contributed by atoms with van der Waals surface area (Å²) in [6.45, 7) is 2.71. The van der Waals surface area contributed by atoms with Crippen LogP contribution in [0.4, 0.5) is 23.2 Å². The predicted molar refractivity (Wildman–Crippen MR) is 102 cm³/mol. The molecule has 0 aliphatic rings. The number of Topliss-reactive ketones (excluding diaryl/α,β-unsaturated/α-hetero) is 1. The van der Waals surface area contributed by atoms with E-state index in [0.29, 0.717) is 0 Å². The van der Waals surface area contributed by atoms with Crippen molar-refractivity contribution in [3.05, 3.63) is 52.1 Å². The van der Waals surface area contributed by atoms with E-state index in [9.17, 15) is 31.9 Å². The molecular weight excluding hydrogens is 430 g/mol. The number of carbonyl (C=O) groups excluding carboxylic acids is 3. The molecule has 6 nitrogen and oxygen atoms in total. The third kappa shape index (κ3) is 4.99. The Balaban J connectivity index is 2.25. The van der Waals surface area contributed by atoms with Crippen LogP contribution in [0.15, 0.2) is 24.4 Å². The van der Waals surface area contributed by atoms with Gasteiger partial charge in [0, 0.05) is 18.9 Å². The number of carbonyl (C=O) groups is 3. The molecule has 2 amide bonds. The maximum atomic E-state index is 13.4. The summed E-state index contributed by atoms with van der Waals surface area (Å²) < 4.78 is 53.0. The van der Waals surface area contributed by atoms with Crippen LogP contribution in [0.3, 0.4) is 0 Å². The van der Waals surface area contributed by atoms with Crippen molar-refractivity contribution in [2.24, 2.45) is 7.05 Å². The second kappa shape index (κ2) is 8.86. The van der Waals surface area contributed by atoms with Crippen LogP contribution in [0.25, 0.3) is 0 Å². The van der Waals surface area contributed by atoms with Crippen molar-refractivity contribution in [1.82, 2.24) is 9.88 Å². The molecule has 0 aliphatic carbocycles. The van der Waals surface area contributed by atoms with Gasteiger partial charge >= 0.3 is 6.18 Å². The number of rotatable bonds is 6. The van der Waals surface area contributed by atoms with Gasteiger partial charge in [-0.05, 0) is 37.1 Å². The molecule has 1 aromatic heterocycles. The lowest BCUT2D eigenvalue weighted by Gasteiger charge is -2.19. The highest BCUT2D eigenvalue weighted by atomic mass is 35.5. The Hall–Kier alpha value is -2.88. The number of alkyl halides is 3. The van der Waals surface area contributed by atoms with Crippen molar-refractivity contribution < 1.29 is 31.9 Å². The molecule has 1 heterocycles. The molecule has 0 spiro atoms. The van der Waals surface area contributed by atoms with E-state index in [4.69, 9.17) is 11.6 Å². The summed E-state index contributed by atoms with van der Waals surface area (Å²) >= 11 is 6.08. The van der Waals surface area contributed by atoms with E-state index in [1.165, 1.54) is 33.0 Å². The molecule has 0 saturated carbocycles. The van der Waals surface area contributed by atoms with E-state index in [-0.39, 0.29) is 16.9 Å². The number of hydrogen-bond acceptors (Lipinski definition) is 3. The lowest BCUT2D eigenvalue weighted by atomic mass is 10.1. The van der Waals surface area contributed by atoms with Crippen LogP contribution in [-0.2, 0) is 11.8 Å². The van der Waals surface area contributed by atoms with Gasteiger partial charge < -0.3 is 15.2 Å². The first-order chi connectivity index (χ1) is 13.9. The van der Waals surface area contributed by atoms with Gasteiger partial charge in [-0.25, -0.2) is 4.39 Å². The summed E-state index contributed by atoms with van der Waals surface area (Å²) in [4.78, 5) is 36.9. The molecule has 0 radical (unpaired) electrons. The summed E-state index contributed by atoms with van der Waals surface area (Å²) in [6, 6.07) is 1.66. The molecule has 0 aliphatic heterocycles. The number of aromatic nitrogens is 1. The Kier molecular flexibility index (Phi) is 6.91. The van der Waals surface area contributed by atoms with Crippen LogP contribution in [0.2, 0.25) is 5.02 Å². The number of hydrogen-bond donors (Lipinski definition) is 2. The van der Waals surface area contributed by atoms with E-state index < -0.39 is 52.6 Å². The zero-order chi connectivity index (χ0) is 22.8. The zero-order valence-corrected chi connectivity index (χ0v) is 16.9. The Labute approximate surface area is 174 Å². The summed E-state index contributed by atoms with van der Waals surface area (Å²) in [5.41, 5.74) is -0.0713. The second-order valence-corrected chi connectivity index (χ2v) is 6.92. The SMILES string of the molecule is CCC(NC(=O)C(=O)c1cn(C)c(C(=O)Nc2ccc(F)c(C)c2)c1Cl)C(F)(F)F. The van der Waals surface area contributed by atoms with Gasteiger partial charge in [0.2, 0.25) is 0 Å². The van der Waals surface area contributed by atoms with Gasteiger partial charge in [0.15, 0.2) is 0 Å². The monoisotopic (exact) mass is 447 g/mol. The molecule has 1 unspecified atom stereocenters. The highest BCUT2D eigenvalue weighted by Gasteiger charge is 2.40. The summed E-state index contributed by atoms with van der Waals surface area (Å²) in [7, 11) is 1.37. The zero-order valence-electron chi connectivity index (χ0n) is 16.2. The van der Waals surface area contributed by atoms with Crippen molar-refractivity contribution in [1.29, 1.82) is 0 Å². The molecule has 1 atom stereocenters. The average Bonchev–Trinajstić information content (AvgIpc) is 2.95. The number of nitrogens with one attached hydrogen (secondary N) is 2. The Morgan fingerprint density at radius 1 is 1.23 bits per heavy atom. The lowest BCUT2D eigenvalue weighted by Crippen LogP contribution is -2.47. The van der Waals surface area contributed by atoms with Crippen molar-refractivity contribution in [3.8, 4) is 0 Å². The largest absolute Gasteiger partial charge is 0.408 e. The Morgan fingerprint density at radius 2 is 1.87 bits per heavy atom. The number of aryl methyl sites for hydroxylation is 2. The molecule has 2 rings (SSSR count). The molecule has 2 aromatic rings. The highest BCUT2D eigenvalue weighted by Crippen LogP contribution is 2.26. The topological polar surface area (TPSA) is 80.2 Å². The average molecular weight is 448 g/mol. The van der Waals surface area contributed by atoms with Gasteiger partial charge in [0.25, 0.3) is 17.6 Å². The van der Waals surface area contributed by atoms with Crippen LogP contribution >= 0.6 is 11.6 Å². The Bertz CT molecular complexity index is 1000. The molecular formula is C19H18ClF4N3O3. The number of amides is 2. The minimum Gasteiger partial charge on any atom is -0.345 e. The first kappa shape index (κ1) is 23.4. The summed E-state index contributed by atoms with van der Waals surface area (Å²) in [5.74, 6) is -4.02.